The molecule has 18 heteroatoms. The van der Waals surface area contributed by atoms with Gasteiger partial charge in [-0.3, -0.25) is 9.59 Å². The molecule has 0 bridgehead atoms. The number of hydrogen-bond acceptors (Lipinski definition) is 15. The highest BCUT2D eigenvalue weighted by atomic mass is 16.7. The summed E-state index contributed by atoms with van der Waals surface area (Å²) in [6.45, 7) is -0.690. The largest absolute Gasteiger partial charge is 0.480 e. The Bertz CT molecular complexity index is 2120. The molecule has 4 rings (SSSR count). The van der Waals surface area contributed by atoms with Crippen LogP contribution in [0.25, 0.3) is 0 Å². The van der Waals surface area contributed by atoms with E-state index in [4.69, 9.17) is 37.9 Å². The van der Waals surface area contributed by atoms with Gasteiger partial charge in [0.05, 0.1) is 43.1 Å². The molecule has 3 N–H and O–H groups in total. The van der Waals surface area contributed by atoms with Crippen molar-refractivity contribution in [2.24, 2.45) is 0 Å². The van der Waals surface area contributed by atoms with Crippen molar-refractivity contribution in [3.8, 4) is 0 Å². The Morgan fingerprint density at radius 3 is 1.73 bits per heavy atom. The van der Waals surface area contributed by atoms with Crippen molar-refractivity contribution >= 4 is 41.7 Å². The minimum atomic E-state index is -1.71. The average Bonchev–Trinajstić information content (AvgIpc) is 3.37. The van der Waals surface area contributed by atoms with Gasteiger partial charge in [0, 0.05) is 12.8 Å². The van der Waals surface area contributed by atoms with Crippen LogP contribution in [0.2, 0.25) is 0 Å². The number of unbranched alkanes of at least 4 members (excludes halogenated alkanes) is 9. The maximum absolute atomic E-state index is 13.9. The summed E-state index contributed by atoms with van der Waals surface area (Å²) >= 11 is 0. The van der Waals surface area contributed by atoms with E-state index in [0.717, 1.165) is 51.4 Å². The van der Waals surface area contributed by atoms with Crippen molar-refractivity contribution in [2.75, 3.05) is 33.5 Å². The molecule has 1 aliphatic heterocycles. The monoisotopic (exact) mass is 989 g/mol. The first-order valence-electron chi connectivity index (χ1n) is 24.1. The fraction of sp³-hybridized carbons (Fsp3) is 0.491. The van der Waals surface area contributed by atoms with Crippen LogP contribution in [0.5, 0.6) is 0 Å². The predicted octanol–water partition coefficient (Wildman–Crippen LogP) is 7.28. The Kier molecular flexibility index (Phi) is 26.1. The number of nitrogens with one attached hydrogen (secondary N) is 1. The second-order valence-electron chi connectivity index (χ2n) is 16.8. The van der Waals surface area contributed by atoms with E-state index in [1.165, 1.54) is 31.4 Å². The van der Waals surface area contributed by atoms with Crippen LogP contribution in [-0.4, -0.2) is 128 Å². The van der Waals surface area contributed by atoms with E-state index in [1.54, 1.807) is 72.8 Å². The van der Waals surface area contributed by atoms with Gasteiger partial charge in [-0.1, -0.05) is 113 Å². The molecule has 1 amide bonds. The lowest BCUT2D eigenvalue weighted by atomic mass is 9.97. The van der Waals surface area contributed by atoms with Crippen molar-refractivity contribution in [3.63, 3.8) is 0 Å². The number of amides is 1. The Morgan fingerprint density at radius 1 is 0.634 bits per heavy atom. The molecule has 1 heterocycles. The summed E-state index contributed by atoms with van der Waals surface area (Å²) in [7, 11) is 1.35. The van der Waals surface area contributed by atoms with Gasteiger partial charge >= 0.3 is 35.8 Å². The number of aliphatic carboxylic acids is 2. The molecule has 1 fully saturated rings. The molecule has 0 spiro atoms. The summed E-state index contributed by atoms with van der Waals surface area (Å²) in [6, 6.07) is 22.8. The van der Waals surface area contributed by atoms with Crippen LogP contribution in [0.1, 0.15) is 121 Å². The molecule has 1 saturated heterocycles. The zero-order valence-corrected chi connectivity index (χ0v) is 40.4. The second-order valence-corrected chi connectivity index (χ2v) is 16.8. The third-order valence-electron chi connectivity index (χ3n) is 11.3. The highest BCUT2D eigenvalue weighted by Gasteiger charge is 2.52. The molecule has 3 aromatic carbocycles. The molecule has 0 aliphatic carbocycles. The number of allylic oxidation sites excluding steroid dienone is 1. The van der Waals surface area contributed by atoms with Gasteiger partial charge in [-0.15, -0.1) is 0 Å². The molecule has 3 aromatic rings. The number of carbonyl (C=O) groups excluding carboxylic acids is 5. The van der Waals surface area contributed by atoms with Crippen LogP contribution in [-0.2, 0) is 57.1 Å². The smallest absolute Gasteiger partial charge is 0.338 e. The molecule has 0 aromatic heterocycles. The molecule has 71 heavy (non-hydrogen) atoms. The number of benzene rings is 3. The van der Waals surface area contributed by atoms with E-state index < -0.39 is 105 Å². The Balaban J connectivity index is 1.73. The lowest BCUT2D eigenvalue weighted by Crippen LogP contribution is -2.63. The Morgan fingerprint density at radius 2 is 1.17 bits per heavy atom. The number of hydrogen-bond donors (Lipinski definition) is 3. The van der Waals surface area contributed by atoms with Gasteiger partial charge in [-0.25, -0.2) is 24.0 Å². The molecule has 1 aliphatic rings. The number of carbonyl (C=O) groups is 7. The van der Waals surface area contributed by atoms with E-state index in [9.17, 15) is 43.8 Å². The summed E-state index contributed by atoms with van der Waals surface area (Å²) in [5.41, 5.74) is 0.401. The number of rotatable bonds is 33. The van der Waals surface area contributed by atoms with E-state index in [1.807, 2.05) is 6.08 Å². The molecule has 386 valence electrons. The lowest BCUT2D eigenvalue weighted by Gasteiger charge is -2.45. The van der Waals surface area contributed by atoms with Gasteiger partial charge in [0.15, 0.2) is 18.5 Å². The van der Waals surface area contributed by atoms with E-state index in [2.05, 4.69) is 12.2 Å². The van der Waals surface area contributed by atoms with E-state index >= 15 is 0 Å². The first kappa shape index (κ1) is 57.1. The Hall–Kier alpha value is -6.47. The first-order chi connectivity index (χ1) is 34.4. The second kappa shape index (κ2) is 32.4. The van der Waals surface area contributed by atoms with Crippen LogP contribution in [0.3, 0.4) is 0 Å². The topological polar surface area (TPSA) is 246 Å². The number of esters is 4. The van der Waals surface area contributed by atoms with Gasteiger partial charge < -0.3 is 53.4 Å². The minimum Gasteiger partial charge on any atom is -0.480 e. The van der Waals surface area contributed by atoms with Gasteiger partial charge in [-0.2, -0.15) is 0 Å². The zero-order chi connectivity index (χ0) is 51.2. The standard InChI is InChI=1S/C53H67NO17/c1-3-4-5-6-9-21-30-41(68-50(61)37-24-15-12-16-25-37)40(54-43(55)31-22-10-7-8-11-23-32-46(60)64-2)33-67-53-49(71-52(63)39-28-19-14-20-29-39)48(70-51(62)38-26-17-13-18-27-38)47(66-36-45(58)59)42(69-53)34-65-35-44(56)57/h12-21,24-30,40-42,47-49,53H,3-11,22-23,31-36H2,1-2H3,(H,54,55)(H,56,57)(H,58,59)/b30-21+/t40-,41+,42+,47-,48-,49+,53+/m0/s1. The third-order valence-corrected chi connectivity index (χ3v) is 11.3. The third kappa shape index (κ3) is 21.2. The number of ether oxygens (including phenoxy) is 8. The quantitative estimate of drug-likeness (QED) is 0.0235. The SMILES string of the molecule is CCCCCC/C=C/[C@@H](OC(=O)c1ccccc1)[C@H](CO[C@@H]1O[C@H](COCC(=O)O)[C@H](OCC(=O)O)[C@H](OC(=O)c2ccccc2)[C@H]1OC(=O)c1ccccc1)NC(=O)CCCCCCCCC(=O)OC. The normalized spacial score (nSPS) is 18.4. The lowest BCUT2D eigenvalue weighted by molar-refractivity contribution is -0.308. The Labute approximate surface area is 414 Å². The molecule has 18 nitrogen and oxygen atoms in total. The summed E-state index contributed by atoms with van der Waals surface area (Å²) < 4.78 is 46.9. The predicted molar refractivity (Wildman–Crippen MR) is 256 cm³/mol. The van der Waals surface area contributed by atoms with Crippen LogP contribution < -0.4 is 5.32 Å². The van der Waals surface area contributed by atoms with Crippen molar-refractivity contribution < 1.29 is 81.7 Å². The number of carboxylic acids is 2. The van der Waals surface area contributed by atoms with Crippen LogP contribution >= 0.6 is 0 Å². The van der Waals surface area contributed by atoms with Crippen molar-refractivity contribution in [3.05, 3.63) is 120 Å². The zero-order valence-electron chi connectivity index (χ0n) is 40.4. The van der Waals surface area contributed by atoms with Crippen molar-refractivity contribution in [1.29, 1.82) is 0 Å². The fourth-order valence-electron chi connectivity index (χ4n) is 7.57. The van der Waals surface area contributed by atoms with Gasteiger partial charge in [0.25, 0.3) is 0 Å². The maximum Gasteiger partial charge on any atom is 0.338 e. The molecule has 0 radical (unpaired) electrons. The highest BCUT2D eigenvalue weighted by molar-refractivity contribution is 5.91. The van der Waals surface area contributed by atoms with Gasteiger partial charge in [-0.05, 0) is 68.2 Å². The van der Waals surface area contributed by atoms with E-state index in [0.29, 0.717) is 25.7 Å². The summed E-state index contributed by atoms with van der Waals surface area (Å²) in [6.07, 6.45) is 3.71. The average molecular weight is 990 g/mol. The minimum absolute atomic E-state index is 0.0751. The fourth-order valence-corrected chi connectivity index (χ4v) is 7.57. The first-order valence-corrected chi connectivity index (χ1v) is 24.1. The van der Waals surface area contributed by atoms with Crippen molar-refractivity contribution in [1.82, 2.24) is 5.32 Å². The highest BCUT2D eigenvalue weighted by Crippen LogP contribution is 2.31. The molecular formula is C53H67NO17. The van der Waals surface area contributed by atoms with Crippen molar-refractivity contribution in [2.45, 2.75) is 133 Å². The summed E-state index contributed by atoms with van der Waals surface area (Å²) in [5.74, 6) is -5.93. The molecular weight excluding hydrogens is 923 g/mol. The van der Waals surface area contributed by atoms with Crippen LogP contribution in [0, 0.1) is 0 Å². The number of carboxylic acid groups (broad SMARTS) is 2. The van der Waals surface area contributed by atoms with Gasteiger partial charge in [0.2, 0.25) is 5.91 Å². The number of methoxy groups -OCH3 is 1. The van der Waals surface area contributed by atoms with Crippen LogP contribution in [0.15, 0.2) is 103 Å². The van der Waals surface area contributed by atoms with Gasteiger partial charge in [0.1, 0.15) is 31.5 Å². The molecule has 7 atom stereocenters. The van der Waals surface area contributed by atoms with Crippen LogP contribution in [0.4, 0.5) is 0 Å². The van der Waals surface area contributed by atoms with E-state index in [-0.39, 0.29) is 29.1 Å². The summed E-state index contributed by atoms with van der Waals surface area (Å²) in [4.78, 5) is 90.3. The maximum atomic E-state index is 13.9. The molecule has 0 saturated carbocycles. The molecule has 0 unspecified atom stereocenters. The summed E-state index contributed by atoms with van der Waals surface area (Å²) in [5, 5.41) is 22.1.